The number of carboxylic acids is 1. The van der Waals surface area contributed by atoms with Crippen LogP contribution in [0.5, 0.6) is 0 Å². The maximum absolute atomic E-state index is 15.1. The maximum Gasteiger partial charge on any atom is 0.341 e. The standard InChI is InChI=1S/C25H26ClFN4O4/c1-3-30-14-19(25(33)34)24(32)18-12-20(27)23(13-22(18)30)31-10-8-29(9-11-31)15-21(28-35-2)16-4-6-17(26)7-5-16/h4-7,12-14H,3,8-11,15H2,1-2H3,(H,33,34)/b28-21+. The van der Waals surface area contributed by atoms with Gasteiger partial charge in [0, 0.05) is 61.4 Å². The van der Waals surface area contributed by atoms with Gasteiger partial charge in [-0.25, -0.2) is 9.18 Å². The quantitative estimate of drug-likeness (QED) is 0.393. The van der Waals surface area contributed by atoms with Crippen molar-refractivity contribution in [2.45, 2.75) is 13.5 Å². The molecule has 0 aliphatic carbocycles. The average Bonchev–Trinajstić information content (AvgIpc) is 2.85. The van der Waals surface area contributed by atoms with Gasteiger partial charge in [0.25, 0.3) is 0 Å². The Morgan fingerprint density at radius 3 is 2.46 bits per heavy atom. The molecule has 0 spiro atoms. The minimum Gasteiger partial charge on any atom is -0.477 e. The van der Waals surface area contributed by atoms with E-state index in [1.54, 1.807) is 22.8 Å². The van der Waals surface area contributed by atoms with E-state index >= 15 is 4.39 Å². The fourth-order valence-corrected chi connectivity index (χ4v) is 4.47. The van der Waals surface area contributed by atoms with E-state index in [1.807, 2.05) is 24.0 Å². The fraction of sp³-hybridized carbons (Fsp3) is 0.320. The predicted octanol–water partition coefficient (Wildman–Crippen LogP) is 3.68. The largest absolute Gasteiger partial charge is 0.477 e. The van der Waals surface area contributed by atoms with Gasteiger partial charge in [-0.1, -0.05) is 28.9 Å². The first-order chi connectivity index (χ1) is 16.8. The smallest absolute Gasteiger partial charge is 0.341 e. The molecule has 35 heavy (non-hydrogen) atoms. The summed E-state index contributed by atoms with van der Waals surface area (Å²) in [5, 5.41) is 14.2. The number of oxime groups is 1. The van der Waals surface area contributed by atoms with Crippen LogP contribution in [-0.2, 0) is 11.4 Å². The number of nitrogens with zero attached hydrogens (tertiary/aromatic N) is 4. The molecule has 0 atom stereocenters. The highest BCUT2D eigenvalue weighted by atomic mass is 35.5. The number of carboxylic acid groups (broad SMARTS) is 1. The van der Waals surface area contributed by atoms with Crippen molar-refractivity contribution in [3.8, 4) is 0 Å². The van der Waals surface area contributed by atoms with Crippen LogP contribution in [0, 0.1) is 5.82 Å². The van der Waals surface area contributed by atoms with Crippen molar-refractivity contribution in [2.24, 2.45) is 5.16 Å². The van der Waals surface area contributed by atoms with Crippen molar-refractivity contribution in [2.75, 3.05) is 44.7 Å². The second kappa shape index (κ2) is 10.5. The zero-order valence-electron chi connectivity index (χ0n) is 19.5. The van der Waals surface area contributed by atoms with Crippen molar-refractivity contribution in [3.63, 3.8) is 0 Å². The van der Waals surface area contributed by atoms with Crippen molar-refractivity contribution in [1.29, 1.82) is 0 Å². The van der Waals surface area contributed by atoms with Crippen LogP contribution in [0.2, 0.25) is 5.02 Å². The molecule has 2 aromatic carbocycles. The molecule has 1 saturated heterocycles. The number of aryl methyl sites for hydroxylation is 1. The molecule has 0 bridgehead atoms. The van der Waals surface area contributed by atoms with Gasteiger partial charge in [-0.05, 0) is 31.2 Å². The summed E-state index contributed by atoms with van der Waals surface area (Å²) in [5.74, 6) is -1.87. The van der Waals surface area contributed by atoms with Crippen LogP contribution in [0.4, 0.5) is 10.1 Å². The van der Waals surface area contributed by atoms with Gasteiger partial charge in [-0.2, -0.15) is 0 Å². The monoisotopic (exact) mass is 500 g/mol. The lowest BCUT2D eigenvalue weighted by Gasteiger charge is -2.36. The van der Waals surface area contributed by atoms with E-state index in [4.69, 9.17) is 16.4 Å². The van der Waals surface area contributed by atoms with Crippen LogP contribution in [0.3, 0.4) is 0 Å². The zero-order valence-corrected chi connectivity index (χ0v) is 20.3. The number of hydrogen-bond acceptors (Lipinski definition) is 6. The summed E-state index contributed by atoms with van der Waals surface area (Å²) >= 11 is 6.00. The van der Waals surface area contributed by atoms with E-state index in [9.17, 15) is 14.7 Å². The second-order valence-electron chi connectivity index (χ2n) is 8.27. The van der Waals surface area contributed by atoms with E-state index in [-0.39, 0.29) is 10.9 Å². The number of aromatic carboxylic acids is 1. The molecule has 8 nitrogen and oxygen atoms in total. The summed E-state index contributed by atoms with van der Waals surface area (Å²) < 4.78 is 16.8. The van der Waals surface area contributed by atoms with Gasteiger partial charge in [0.15, 0.2) is 0 Å². The maximum atomic E-state index is 15.1. The topological polar surface area (TPSA) is 87.4 Å². The van der Waals surface area contributed by atoms with Crippen molar-refractivity contribution < 1.29 is 19.1 Å². The molecule has 10 heteroatoms. The molecule has 184 valence electrons. The van der Waals surface area contributed by atoms with Crippen molar-refractivity contribution in [3.05, 3.63) is 74.8 Å². The lowest BCUT2D eigenvalue weighted by molar-refractivity contribution is 0.0695. The Morgan fingerprint density at radius 1 is 1.17 bits per heavy atom. The van der Waals surface area contributed by atoms with E-state index in [0.717, 1.165) is 17.3 Å². The number of fused-ring (bicyclic) bond motifs is 1. The van der Waals surface area contributed by atoms with Crippen LogP contribution in [0.1, 0.15) is 22.8 Å². The molecule has 1 aliphatic heterocycles. The molecule has 0 saturated carbocycles. The highest BCUT2D eigenvalue weighted by Crippen LogP contribution is 2.26. The Bertz CT molecular complexity index is 1330. The number of benzene rings is 2. The number of piperazine rings is 1. The SMILES string of the molecule is CCn1cc(C(=O)O)c(=O)c2cc(F)c(N3CCN(C/C(=N\OC)c4ccc(Cl)cc4)CC3)cc21. The predicted molar refractivity (Wildman–Crippen MR) is 134 cm³/mol. The number of pyridine rings is 1. The molecular weight excluding hydrogens is 475 g/mol. The molecule has 2 heterocycles. The van der Waals surface area contributed by atoms with Crippen molar-refractivity contribution >= 4 is 39.9 Å². The minimum absolute atomic E-state index is 0.0648. The number of halogens is 2. The van der Waals surface area contributed by atoms with Crippen LogP contribution < -0.4 is 10.3 Å². The molecule has 0 radical (unpaired) electrons. The molecule has 4 rings (SSSR count). The number of rotatable bonds is 7. The van der Waals surface area contributed by atoms with Gasteiger partial charge in [-0.15, -0.1) is 0 Å². The third-order valence-corrected chi connectivity index (χ3v) is 6.44. The Balaban J connectivity index is 1.55. The fourth-order valence-electron chi connectivity index (χ4n) is 4.34. The van der Waals surface area contributed by atoms with Gasteiger partial charge >= 0.3 is 5.97 Å². The summed E-state index contributed by atoms with van der Waals surface area (Å²) in [6.45, 7) is 5.36. The van der Waals surface area contributed by atoms with Crippen LogP contribution in [-0.4, -0.2) is 66.1 Å². The molecule has 1 aromatic heterocycles. The number of anilines is 1. The molecular formula is C25H26ClFN4O4. The van der Waals surface area contributed by atoms with E-state index in [1.165, 1.54) is 13.3 Å². The van der Waals surface area contributed by atoms with Gasteiger partial charge in [-0.3, -0.25) is 9.69 Å². The first-order valence-electron chi connectivity index (χ1n) is 11.3. The van der Waals surface area contributed by atoms with E-state index < -0.39 is 17.2 Å². The van der Waals surface area contributed by atoms with Gasteiger partial charge in [0.05, 0.1) is 11.2 Å². The van der Waals surface area contributed by atoms with Gasteiger partial charge in [0.2, 0.25) is 5.43 Å². The number of aromatic nitrogens is 1. The normalized spacial score (nSPS) is 15.0. The Morgan fingerprint density at radius 2 is 1.86 bits per heavy atom. The zero-order chi connectivity index (χ0) is 25.1. The minimum atomic E-state index is -1.32. The summed E-state index contributed by atoms with van der Waals surface area (Å²) in [4.78, 5) is 33.2. The Hall–Kier alpha value is -3.43. The van der Waals surface area contributed by atoms with Crippen LogP contribution >= 0.6 is 11.6 Å². The number of carbonyl (C=O) groups is 1. The molecule has 1 fully saturated rings. The lowest BCUT2D eigenvalue weighted by Crippen LogP contribution is -2.48. The van der Waals surface area contributed by atoms with E-state index in [2.05, 4.69) is 10.1 Å². The second-order valence-corrected chi connectivity index (χ2v) is 8.71. The lowest BCUT2D eigenvalue weighted by atomic mass is 10.1. The van der Waals surface area contributed by atoms with Crippen LogP contribution in [0.15, 0.2) is 52.5 Å². The number of hydrogen-bond donors (Lipinski definition) is 1. The molecule has 0 amide bonds. The van der Waals surface area contributed by atoms with Crippen LogP contribution in [0.25, 0.3) is 10.9 Å². The summed E-state index contributed by atoms with van der Waals surface area (Å²) in [6.07, 6.45) is 1.32. The van der Waals surface area contributed by atoms with E-state index in [0.29, 0.717) is 55.5 Å². The third kappa shape index (κ3) is 5.16. The average molecular weight is 501 g/mol. The van der Waals surface area contributed by atoms with Gasteiger partial charge in [0.1, 0.15) is 24.2 Å². The molecule has 1 N–H and O–H groups in total. The molecule has 3 aromatic rings. The summed E-state index contributed by atoms with van der Waals surface area (Å²) in [5.41, 5.74) is 1.55. The Labute approximate surface area is 206 Å². The summed E-state index contributed by atoms with van der Waals surface area (Å²) in [7, 11) is 1.51. The highest BCUT2D eigenvalue weighted by molar-refractivity contribution is 6.30. The molecule has 0 unspecified atom stereocenters. The first-order valence-corrected chi connectivity index (χ1v) is 11.6. The highest BCUT2D eigenvalue weighted by Gasteiger charge is 2.23. The van der Waals surface area contributed by atoms with Crippen molar-refractivity contribution in [1.82, 2.24) is 9.47 Å². The molecule has 1 aliphatic rings. The van der Waals surface area contributed by atoms with Gasteiger partial charge < -0.3 is 19.4 Å². The Kier molecular flexibility index (Phi) is 7.37. The first kappa shape index (κ1) is 24.7. The summed E-state index contributed by atoms with van der Waals surface area (Å²) in [6, 6.07) is 10.2. The third-order valence-electron chi connectivity index (χ3n) is 6.19.